The lowest BCUT2D eigenvalue weighted by Gasteiger charge is -2.10. The van der Waals surface area contributed by atoms with Crippen LogP contribution in [0.1, 0.15) is 22.7 Å². The van der Waals surface area contributed by atoms with Crippen molar-refractivity contribution in [3.63, 3.8) is 0 Å². The Morgan fingerprint density at radius 2 is 1.85 bits per heavy atom. The van der Waals surface area contributed by atoms with Crippen molar-refractivity contribution in [1.82, 2.24) is 0 Å². The highest BCUT2D eigenvalue weighted by Crippen LogP contribution is 2.31. The fourth-order valence-corrected chi connectivity index (χ4v) is 3.26. The van der Waals surface area contributed by atoms with Crippen LogP contribution in [0.2, 0.25) is 0 Å². The minimum Gasteiger partial charge on any atom is -0.335 e. The Balaban J connectivity index is 1.78. The van der Waals surface area contributed by atoms with Gasteiger partial charge in [0.05, 0.1) is 6.04 Å². The van der Waals surface area contributed by atoms with Gasteiger partial charge < -0.3 is 5.32 Å². The molecule has 1 heterocycles. The van der Waals surface area contributed by atoms with E-state index in [0.29, 0.717) is 0 Å². The number of thioether (sulfide) groups is 1. The van der Waals surface area contributed by atoms with Crippen LogP contribution in [0.4, 0.5) is 5.69 Å². The number of aliphatic imine (C=N–C) groups is 1. The molecule has 102 valence electrons. The van der Waals surface area contributed by atoms with E-state index in [-0.39, 0.29) is 6.04 Å². The highest BCUT2D eigenvalue weighted by molar-refractivity contribution is 8.14. The summed E-state index contributed by atoms with van der Waals surface area (Å²) < 4.78 is 0. The van der Waals surface area contributed by atoms with E-state index >= 15 is 0 Å². The zero-order valence-corrected chi connectivity index (χ0v) is 12.6. The van der Waals surface area contributed by atoms with E-state index in [1.807, 2.05) is 6.07 Å². The van der Waals surface area contributed by atoms with Crippen molar-refractivity contribution < 1.29 is 0 Å². The summed E-state index contributed by atoms with van der Waals surface area (Å²) in [6, 6.07) is 17.1. The molecule has 3 heteroatoms. The highest BCUT2D eigenvalue weighted by Gasteiger charge is 2.20. The number of hydrogen-bond acceptors (Lipinski definition) is 3. The lowest BCUT2D eigenvalue weighted by Crippen LogP contribution is -2.06. The van der Waals surface area contributed by atoms with E-state index in [0.717, 1.165) is 16.6 Å². The van der Waals surface area contributed by atoms with Gasteiger partial charge in [-0.05, 0) is 36.6 Å². The van der Waals surface area contributed by atoms with Crippen molar-refractivity contribution in [3.8, 4) is 0 Å². The summed E-state index contributed by atoms with van der Waals surface area (Å²) in [4.78, 5) is 4.79. The van der Waals surface area contributed by atoms with Gasteiger partial charge in [0.1, 0.15) is 0 Å². The molecule has 0 aromatic heterocycles. The molecule has 0 aliphatic carbocycles. The number of nitrogens with zero attached hydrogens (tertiary/aromatic N) is 1. The predicted molar refractivity (Wildman–Crippen MR) is 88.6 cm³/mol. The molecule has 0 saturated carbocycles. The van der Waals surface area contributed by atoms with Crippen LogP contribution in [-0.4, -0.2) is 10.9 Å². The SMILES string of the molecule is Cc1cccc(NC2=NC(c3ccccc3)CS2)c1C. The van der Waals surface area contributed by atoms with Crippen molar-refractivity contribution in [2.45, 2.75) is 19.9 Å². The maximum Gasteiger partial charge on any atom is 0.161 e. The molecule has 0 saturated heterocycles. The number of nitrogens with one attached hydrogen (secondary N) is 1. The molecule has 1 atom stereocenters. The average molecular weight is 282 g/mol. The fraction of sp³-hybridized carbons (Fsp3) is 0.235. The number of anilines is 1. The Kier molecular flexibility index (Phi) is 3.79. The molecule has 0 radical (unpaired) electrons. The maximum atomic E-state index is 4.79. The van der Waals surface area contributed by atoms with Crippen molar-refractivity contribution in [2.75, 3.05) is 11.1 Å². The smallest absolute Gasteiger partial charge is 0.161 e. The molecule has 0 spiro atoms. The third-order valence-electron chi connectivity index (χ3n) is 3.68. The summed E-state index contributed by atoms with van der Waals surface area (Å²) in [5.74, 6) is 1.01. The van der Waals surface area contributed by atoms with Crippen molar-refractivity contribution in [2.24, 2.45) is 4.99 Å². The number of hydrogen-bond donors (Lipinski definition) is 1. The monoisotopic (exact) mass is 282 g/mol. The standard InChI is InChI=1S/C17H18N2S/c1-12-7-6-10-15(13(12)2)18-17-19-16(11-20-17)14-8-4-3-5-9-14/h3-10,16H,11H2,1-2H3,(H,18,19). The highest BCUT2D eigenvalue weighted by atomic mass is 32.2. The molecule has 3 rings (SSSR count). The normalized spacial score (nSPS) is 17.9. The summed E-state index contributed by atoms with van der Waals surface area (Å²) in [6.45, 7) is 4.28. The summed E-state index contributed by atoms with van der Waals surface area (Å²) in [7, 11) is 0. The zero-order chi connectivity index (χ0) is 13.9. The van der Waals surface area contributed by atoms with Crippen LogP contribution in [0.5, 0.6) is 0 Å². The second kappa shape index (κ2) is 5.71. The van der Waals surface area contributed by atoms with Crippen LogP contribution in [0.15, 0.2) is 53.5 Å². The van der Waals surface area contributed by atoms with Crippen molar-refractivity contribution >= 4 is 22.6 Å². The molecule has 20 heavy (non-hydrogen) atoms. The first-order valence-electron chi connectivity index (χ1n) is 6.83. The Morgan fingerprint density at radius 3 is 2.65 bits per heavy atom. The number of aryl methyl sites for hydroxylation is 1. The van der Waals surface area contributed by atoms with Gasteiger partial charge >= 0.3 is 0 Å². The lowest BCUT2D eigenvalue weighted by molar-refractivity contribution is 0.849. The van der Waals surface area contributed by atoms with E-state index < -0.39 is 0 Å². The van der Waals surface area contributed by atoms with E-state index in [1.165, 1.54) is 16.7 Å². The number of rotatable bonds is 2. The lowest BCUT2D eigenvalue weighted by atomic mass is 10.1. The molecule has 0 fully saturated rings. The molecular weight excluding hydrogens is 264 g/mol. The number of amidine groups is 1. The molecule has 1 N–H and O–H groups in total. The topological polar surface area (TPSA) is 24.4 Å². The third kappa shape index (κ3) is 2.73. The Hall–Kier alpha value is -1.74. The van der Waals surface area contributed by atoms with Crippen molar-refractivity contribution in [1.29, 1.82) is 0 Å². The van der Waals surface area contributed by atoms with Gasteiger partial charge in [-0.2, -0.15) is 0 Å². The molecule has 2 aromatic carbocycles. The first-order valence-corrected chi connectivity index (χ1v) is 7.81. The minimum absolute atomic E-state index is 0.272. The Morgan fingerprint density at radius 1 is 1.05 bits per heavy atom. The molecule has 0 amide bonds. The Labute approximate surface area is 124 Å². The predicted octanol–water partition coefficient (Wildman–Crippen LogP) is 4.56. The number of benzene rings is 2. The van der Waals surface area contributed by atoms with Crippen molar-refractivity contribution in [3.05, 3.63) is 65.2 Å². The zero-order valence-electron chi connectivity index (χ0n) is 11.8. The second-order valence-electron chi connectivity index (χ2n) is 5.04. The van der Waals surface area contributed by atoms with Gasteiger partial charge in [0.2, 0.25) is 0 Å². The van der Waals surface area contributed by atoms with Gasteiger partial charge in [-0.15, -0.1) is 0 Å². The first-order chi connectivity index (χ1) is 9.74. The summed E-state index contributed by atoms with van der Waals surface area (Å²) in [6.07, 6.45) is 0. The average Bonchev–Trinajstić information content (AvgIpc) is 2.93. The van der Waals surface area contributed by atoms with Gasteiger partial charge in [0.25, 0.3) is 0 Å². The molecule has 1 unspecified atom stereocenters. The summed E-state index contributed by atoms with van der Waals surface area (Å²) in [5.41, 5.74) is 5.04. The van der Waals surface area contributed by atoms with E-state index in [4.69, 9.17) is 4.99 Å². The van der Waals surface area contributed by atoms with Gasteiger partial charge in [0, 0.05) is 11.4 Å². The summed E-state index contributed by atoms with van der Waals surface area (Å²) >= 11 is 1.79. The second-order valence-corrected chi connectivity index (χ2v) is 6.05. The van der Waals surface area contributed by atoms with Gasteiger partial charge in [-0.25, -0.2) is 0 Å². The molecule has 2 aromatic rings. The van der Waals surface area contributed by atoms with Crippen LogP contribution in [0.25, 0.3) is 0 Å². The van der Waals surface area contributed by atoms with E-state index in [2.05, 4.69) is 61.6 Å². The van der Waals surface area contributed by atoms with Gasteiger partial charge in [-0.3, -0.25) is 4.99 Å². The maximum absolute atomic E-state index is 4.79. The minimum atomic E-state index is 0.272. The molecule has 2 nitrogen and oxygen atoms in total. The third-order valence-corrected chi connectivity index (χ3v) is 4.64. The van der Waals surface area contributed by atoms with Crippen LogP contribution in [0, 0.1) is 13.8 Å². The summed E-state index contributed by atoms with van der Waals surface area (Å²) in [5, 5.41) is 4.48. The van der Waals surface area contributed by atoms with E-state index in [9.17, 15) is 0 Å². The largest absolute Gasteiger partial charge is 0.335 e. The van der Waals surface area contributed by atoms with Crippen LogP contribution >= 0.6 is 11.8 Å². The van der Waals surface area contributed by atoms with Crippen LogP contribution in [0.3, 0.4) is 0 Å². The molecular formula is C17H18N2S. The van der Waals surface area contributed by atoms with Gasteiger partial charge in [-0.1, -0.05) is 54.2 Å². The Bertz CT molecular complexity index is 635. The van der Waals surface area contributed by atoms with E-state index in [1.54, 1.807) is 11.8 Å². The molecule has 0 bridgehead atoms. The molecule has 1 aliphatic rings. The fourth-order valence-electron chi connectivity index (χ4n) is 2.29. The van der Waals surface area contributed by atoms with Gasteiger partial charge in [0.15, 0.2) is 5.17 Å². The van der Waals surface area contributed by atoms with Crippen LogP contribution < -0.4 is 5.32 Å². The quantitative estimate of drug-likeness (QED) is 0.873. The van der Waals surface area contributed by atoms with Crippen LogP contribution in [-0.2, 0) is 0 Å². The molecule has 1 aliphatic heterocycles. The first kappa shape index (κ1) is 13.3.